The maximum atomic E-state index is 11.5. The van der Waals surface area contributed by atoms with Gasteiger partial charge in [0.25, 0.3) is 0 Å². The van der Waals surface area contributed by atoms with Gasteiger partial charge in [-0.2, -0.15) is 0 Å². The van der Waals surface area contributed by atoms with Crippen molar-refractivity contribution in [3.8, 4) is 5.88 Å². The quantitative estimate of drug-likeness (QED) is 0.826. The lowest BCUT2D eigenvalue weighted by Gasteiger charge is -2.22. The highest BCUT2D eigenvalue weighted by Crippen LogP contribution is 2.24. The fourth-order valence-electron chi connectivity index (χ4n) is 1.97. The highest BCUT2D eigenvalue weighted by atomic mass is 16.5. The Bertz CT molecular complexity index is 444. The second-order valence-corrected chi connectivity index (χ2v) is 4.44. The molecule has 0 spiro atoms. The first-order valence-corrected chi connectivity index (χ1v) is 6.25. The first-order chi connectivity index (χ1) is 9.22. The highest BCUT2D eigenvalue weighted by molar-refractivity contribution is 5.95. The van der Waals surface area contributed by atoms with Crippen LogP contribution in [0.5, 0.6) is 5.88 Å². The van der Waals surface area contributed by atoms with Crippen LogP contribution < -0.4 is 10.5 Å². The molecule has 0 saturated carbocycles. The van der Waals surface area contributed by atoms with Gasteiger partial charge in [0.1, 0.15) is 5.69 Å². The van der Waals surface area contributed by atoms with Crippen LogP contribution in [0.1, 0.15) is 23.2 Å². The molecular weight excluding hydrogens is 248 g/mol. The highest BCUT2D eigenvalue weighted by Gasteiger charge is 2.18. The van der Waals surface area contributed by atoms with E-state index in [1.54, 1.807) is 0 Å². The average molecular weight is 266 g/mol. The van der Waals surface area contributed by atoms with Crippen molar-refractivity contribution in [2.45, 2.75) is 12.8 Å². The molecular formula is C13H18N2O4. The Morgan fingerprint density at radius 3 is 2.95 bits per heavy atom. The molecule has 6 heteroatoms. The number of methoxy groups -OCH3 is 1. The van der Waals surface area contributed by atoms with Crippen molar-refractivity contribution in [3.05, 3.63) is 17.8 Å². The maximum Gasteiger partial charge on any atom is 0.340 e. The van der Waals surface area contributed by atoms with Crippen LogP contribution in [0.2, 0.25) is 0 Å². The fraction of sp³-hybridized carbons (Fsp3) is 0.538. The van der Waals surface area contributed by atoms with E-state index >= 15 is 0 Å². The van der Waals surface area contributed by atoms with E-state index in [1.807, 2.05) is 0 Å². The molecule has 0 bridgehead atoms. The minimum atomic E-state index is -0.490. The molecule has 1 fully saturated rings. The van der Waals surface area contributed by atoms with E-state index in [0.717, 1.165) is 26.1 Å². The molecule has 6 nitrogen and oxygen atoms in total. The van der Waals surface area contributed by atoms with Crippen molar-refractivity contribution in [1.29, 1.82) is 0 Å². The molecule has 0 unspecified atom stereocenters. The summed E-state index contributed by atoms with van der Waals surface area (Å²) in [5.41, 5.74) is 6.36. The minimum absolute atomic E-state index is 0.224. The Balaban J connectivity index is 2.01. The van der Waals surface area contributed by atoms with Gasteiger partial charge in [-0.05, 0) is 24.8 Å². The Hall–Kier alpha value is -1.82. The van der Waals surface area contributed by atoms with Crippen LogP contribution in [0.25, 0.3) is 0 Å². The van der Waals surface area contributed by atoms with E-state index in [4.69, 9.17) is 15.2 Å². The zero-order valence-corrected chi connectivity index (χ0v) is 10.9. The lowest BCUT2D eigenvalue weighted by Crippen LogP contribution is -2.22. The number of ether oxygens (including phenoxy) is 3. The van der Waals surface area contributed by atoms with Crippen LogP contribution in [-0.2, 0) is 9.47 Å². The molecule has 1 aliphatic heterocycles. The number of carbonyl (C=O) groups excluding carboxylic acids is 1. The summed E-state index contributed by atoms with van der Waals surface area (Å²) in [7, 11) is 1.31. The number of hydrogen-bond acceptors (Lipinski definition) is 6. The van der Waals surface area contributed by atoms with Gasteiger partial charge in [0.15, 0.2) is 0 Å². The maximum absolute atomic E-state index is 11.5. The number of carbonyl (C=O) groups is 1. The predicted molar refractivity (Wildman–Crippen MR) is 69.0 cm³/mol. The summed E-state index contributed by atoms with van der Waals surface area (Å²) in [6, 6.07) is 1.52. The topological polar surface area (TPSA) is 83.7 Å². The molecule has 104 valence electrons. The van der Waals surface area contributed by atoms with Crippen molar-refractivity contribution in [2.24, 2.45) is 5.92 Å². The smallest absolute Gasteiger partial charge is 0.340 e. The first-order valence-electron chi connectivity index (χ1n) is 6.25. The van der Waals surface area contributed by atoms with Crippen LogP contribution in [0.3, 0.4) is 0 Å². The third-order valence-corrected chi connectivity index (χ3v) is 3.16. The van der Waals surface area contributed by atoms with Crippen molar-refractivity contribution in [2.75, 3.05) is 32.7 Å². The van der Waals surface area contributed by atoms with Gasteiger partial charge in [-0.3, -0.25) is 0 Å². The van der Waals surface area contributed by atoms with Gasteiger partial charge in [0.2, 0.25) is 5.88 Å². The van der Waals surface area contributed by atoms with E-state index in [-0.39, 0.29) is 17.1 Å². The number of nitrogens with two attached hydrogens (primary N) is 1. The third kappa shape index (κ3) is 3.35. The molecule has 2 N–H and O–H groups in total. The van der Waals surface area contributed by atoms with Crippen molar-refractivity contribution in [1.82, 2.24) is 4.98 Å². The molecule has 2 heterocycles. The van der Waals surface area contributed by atoms with E-state index in [9.17, 15) is 4.79 Å². The van der Waals surface area contributed by atoms with Crippen molar-refractivity contribution < 1.29 is 19.0 Å². The number of pyridine rings is 1. The summed E-state index contributed by atoms with van der Waals surface area (Å²) in [6.45, 7) is 2.06. The van der Waals surface area contributed by atoms with Gasteiger partial charge >= 0.3 is 5.97 Å². The number of esters is 1. The number of hydrogen-bond donors (Lipinski definition) is 1. The summed E-state index contributed by atoms with van der Waals surface area (Å²) in [4.78, 5) is 15.5. The molecule has 2 rings (SSSR count). The Morgan fingerprint density at radius 1 is 1.53 bits per heavy atom. The van der Waals surface area contributed by atoms with Crippen LogP contribution in [-0.4, -0.2) is 37.9 Å². The minimum Gasteiger partial charge on any atom is -0.476 e. The van der Waals surface area contributed by atoms with Crippen molar-refractivity contribution >= 4 is 11.7 Å². The zero-order valence-electron chi connectivity index (χ0n) is 10.9. The SMILES string of the molecule is COC(=O)c1ccnc(OCC2CCOCC2)c1N. The number of aromatic nitrogens is 1. The molecule has 0 amide bonds. The molecule has 1 saturated heterocycles. The number of nitrogens with zero attached hydrogens (tertiary/aromatic N) is 1. The van der Waals surface area contributed by atoms with E-state index in [0.29, 0.717) is 12.5 Å². The second kappa shape index (κ2) is 6.38. The van der Waals surface area contributed by atoms with E-state index < -0.39 is 5.97 Å². The average Bonchev–Trinajstić information content (AvgIpc) is 2.46. The summed E-state index contributed by atoms with van der Waals surface area (Å²) < 4.78 is 15.5. The number of nitrogen functional groups attached to an aromatic ring is 1. The van der Waals surface area contributed by atoms with Crippen molar-refractivity contribution in [3.63, 3.8) is 0 Å². The summed E-state index contributed by atoms with van der Waals surface area (Å²) in [5.74, 6) is 0.238. The second-order valence-electron chi connectivity index (χ2n) is 4.44. The van der Waals surface area contributed by atoms with E-state index in [2.05, 4.69) is 9.72 Å². The monoisotopic (exact) mass is 266 g/mol. The van der Waals surface area contributed by atoms with Crippen LogP contribution >= 0.6 is 0 Å². The van der Waals surface area contributed by atoms with E-state index in [1.165, 1.54) is 19.4 Å². The van der Waals surface area contributed by atoms with Gasteiger partial charge in [0, 0.05) is 19.4 Å². The molecule has 1 aliphatic rings. The number of rotatable bonds is 4. The third-order valence-electron chi connectivity index (χ3n) is 3.16. The molecule has 0 atom stereocenters. The van der Waals surface area contributed by atoms with Gasteiger partial charge in [-0.25, -0.2) is 9.78 Å². The van der Waals surface area contributed by atoms with Crippen LogP contribution in [0.4, 0.5) is 5.69 Å². The molecule has 0 aliphatic carbocycles. The molecule has 19 heavy (non-hydrogen) atoms. The normalized spacial score (nSPS) is 16.1. The summed E-state index contributed by atoms with van der Waals surface area (Å²) >= 11 is 0. The van der Waals surface area contributed by atoms with Gasteiger partial charge in [-0.1, -0.05) is 0 Å². The zero-order chi connectivity index (χ0) is 13.7. The standard InChI is InChI=1S/C13H18N2O4/c1-17-13(16)10-2-5-15-12(11(10)14)19-8-9-3-6-18-7-4-9/h2,5,9H,3-4,6-8,14H2,1H3. The van der Waals surface area contributed by atoms with Gasteiger partial charge in [0.05, 0.1) is 19.3 Å². The lowest BCUT2D eigenvalue weighted by molar-refractivity contribution is 0.0491. The molecule has 0 aromatic carbocycles. The van der Waals surface area contributed by atoms with Gasteiger partial charge < -0.3 is 19.9 Å². The molecule has 1 aromatic rings. The molecule has 0 radical (unpaired) electrons. The Labute approximate surface area is 111 Å². The summed E-state index contributed by atoms with van der Waals surface area (Å²) in [5, 5.41) is 0. The lowest BCUT2D eigenvalue weighted by atomic mass is 10.0. The predicted octanol–water partition coefficient (Wildman–Crippen LogP) is 1.26. The Kier molecular flexibility index (Phi) is 4.57. The van der Waals surface area contributed by atoms with Gasteiger partial charge in [-0.15, -0.1) is 0 Å². The van der Waals surface area contributed by atoms with Crippen LogP contribution in [0, 0.1) is 5.92 Å². The summed E-state index contributed by atoms with van der Waals surface area (Å²) in [6.07, 6.45) is 3.43. The van der Waals surface area contributed by atoms with Crippen LogP contribution in [0.15, 0.2) is 12.3 Å². The molecule has 1 aromatic heterocycles. The largest absolute Gasteiger partial charge is 0.476 e. The fourth-order valence-corrected chi connectivity index (χ4v) is 1.97. The Morgan fingerprint density at radius 2 is 2.26 bits per heavy atom. The number of anilines is 1. The first kappa shape index (κ1) is 13.6.